The second-order valence-corrected chi connectivity index (χ2v) is 8.91. The molecular formula is C22H22BrNO5S2. The minimum absolute atomic E-state index is 0.112. The van der Waals surface area contributed by atoms with Crippen molar-refractivity contribution in [3.8, 4) is 23.0 Å². The Morgan fingerprint density at radius 2 is 1.87 bits per heavy atom. The van der Waals surface area contributed by atoms with Gasteiger partial charge >= 0.3 is 0 Å². The summed E-state index contributed by atoms with van der Waals surface area (Å²) in [5, 5.41) is 0. The first-order valence-corrected chi connectivity index (χ1v) is 11.5. The quantitative estimate of drug-likeness (QED) is 0.256. The number of amides is 1. The van der Waals surface area contributed by atoms with Crippen LogP contribution in [0, 0.1) is 0 Å². The van der Waals surface area contributed by atoms with Crippen LogP contribution >= 0.6 is 39.9 Å². The Morgan fingerprint density at radius 1 is 1.13 bits per heavy atom. The molecule has 0 unspecified atom stereocenters. The van der Waals surface area contributed by atoms with Gasteiger partial charge in [0, 0.05) is 13.1 Å². The maximum atomic E-state index is 12.3. The number of benzene rings is 2. The summed E-state index contributed by atoms with van der Waals surface area (Å²) in [6.45, 7) is 3.05. The van der Waals surface area contributed by atoms with Crippen LogP contribution in [0.15, 0.2) is 45.8 Å². The average molecular weight is 524 g/mol. The highest BCUT2D eigenvalue weighted by atomic mass is 79.9. The van der Waals surface area contributed by atoms with Crippen LogP contribution in [0.1, 0.15) is 12.5 Å². The molecule has 9 heteroatoms. The smallest absolute Gasteiger partial charge is 0.265 e. The standard InChI is InChI=1S/C22H22BrNO5S2/c1-4-27-18-11-14(12-19-21(25)24(2)22(30)31-19)10-17(23)20(18)29-9-8-28-16-7-5-6-15(13-16)26-3/h5-7,10-13H,4,8-9H2,1-3H3. The predicted molar refractivity (Wildman–Crippen MR) is 130 cm³/mol. The number of nitrogens with zero attached hydrogens (tertiary/aromatic N) is 1. The molecule has 1 fully saturated rings. The van der Waals surface area contributed by atoms with E-state index >= 15 is 0 Å². The fourth-order valence-electron chi connectivity index (χ4n) is 2.77. The molecule has 0 saturated carbocycles. The van der Waals surface area contributed by atoms with E-state index in [9.17, 15) is 4.79 Å². The summed E-state index contributed by atoms with van der Waals surface area (Å²) in [6.07, 6.45) is 1.80. The third-order valence-corrected chi connectivity index (χ3v) is 6.33. The summed E-state index contributed by atoms with van der Waals surface area (Å²) in [5.41, 5.74) is 0.809. The van der Waals surface area contributed by atoms with E-state index in [1.807, 2.05) is 43.3 Å². The van der Waals surface area contributed by atoms with Crippen LogP contribution in [0.5, 0.6) is 23.0 Å². The number of hydrogen-bond acceptors (Lipinski definition) is 7. The molecule has 164 valence electrons. The fraction of sp³-hybridized carbons (Fsp3) is 0.273. The minimum atomic E-state index is -0.112. The highest BCUT2D eigenvalue weighted by Crippen LogP contribution is 2.39. The summed E-state index contributed by atoms with van der Waals surface area (Å²) in [7, 11) is 3.28. The lowest BCUT2D eigenvalue weighted by molar-refractivity contribution is -0.121. The Balaban J connectivity index is 1.70. The first-order valence-electron chi connectivity index (χ1n) is 9.50. The van der Waals surface area contributed by atoms with E-state index in [1.165, 1.54) is 16.7 Å². The molecule has 31 heavy (non-hydrogen) atoms. The Kier molecular flexibility index (Phi) is 8.22. The van der Waals surface area contributed by atoms with Gasteiger partial charge in [-0.25, -0.2) is 0 Å². The van der Waals surface area contributed by atoms with Crippen LogP contribution in [-0.4, -0.2) is 49.1 Å². The molecule has 0 radical (unpaired) electrons. The van der Waals surface area contributed by atoms with E-state index in [2.05, 4.69) is 15.9 Å². The molecule has 2 aromatic carbocycles. The minimum Gasteiger partial charge on any atom is -0.497 e. The SMILES string of the molecule is CCOc1cc(C=C2SC(=S)N(C)C2=O)cc(Br)c1OCCOc1cccc(OC)c1. The molecule has 0 N–H and O–H groups in total. The number of hydrogen-bond donors (Lipinski definition) is 0. The molecule has 0 atom stereocenters. The molecule has 0 aliphatic carbocycles. The maximum absolute atomic E-state index is 12.3. The normalized spacial score (nSPS) is 14.8. The number of likely N-dealkylation sites (N-methyl/N-ethyl adjacent to an activating group) is 1. The van der Waals surface area contributed by atoms with Crippen LogP contribution in [0.4, 0.5) is 0 Å². The lowest BCUT2D eigenvalue weighted by Gasteiger charge is -2.15. The first-order chi connectivity index (χ1) is 14.9. The van der Waals surface area contributed by atoms with Gasteiger partial charge < -0.3 is 18.9 Å². The van der Waals surface area contributed by atoms with Crippen molar-refractivity contribution in [1.29, 1.82) is 0 Å². The predicted octanol–water partition coefficient (Wildman–Crippen LogP) is 5.15. The van der Waals surface area contributed by atoms with Crippen molar-refractivity contribution < 1.29 is 23.7 Å². The fourth-order valence-corrected chi connectivity index (χ4v) is 4.52. The topological polar surface area (TPSA) is 57.2 Å². The van der Waals surface area contributed by atoms with Crippen LogP contribution in [0.3, 0.4) is 0 Å². The average Bonchev–Trinajstić information content (AvgIpc) is 2.99. The molecule has 1 amide bonds. The molecule has 1 aliphatic rings. The zero-order valence-corrected chi connectivity index (χ0v) is 20.6. The zero-order chi connectivity index (χ0) is 22.4. The molecule has 1 aliphatic heterocycles. The van der Waals surface area contributed by atoms with Crippen LogP contribution < -0.4 is 18.9 Å². The molecular weight excluding hydrogens is 502 g/mol. The van der Waals surface area contributed by atoms with Crippen molar-refractivity contribution in [2.24, 2.45) is 0 Å². The number of thiocarbonyl (C=S) groups is 1. The number of carbonyl (C=O) groups is 1. The Morgan fingerprint density at radius 3 is 2.55 bits per heavy atom. The third-order valence-electron chi connectivity index (χ3n) is 4.26. The van der Waals surface area contributed by atoms with Gasteiger partial charge in [0.2, 0.25) is 0 Å². The Bertz CT molecular complexity index is 1010. The summed E-state index contributed by atoms with van der Waals surface area (Å²) < 4.78 is 23.9. The second kappa shape index (κ2) is 10.9. The highest BCUT2D eigenvalue weighted by Gasteiger charge is 2.28. The number of thioether (sulfide) groups is 1. The van der Waals surface area contributed by atoms with E-state index in [0.29, 0.717) is 46.3 Å². The van der Waals surface area contributed by atoms with E-state index in [0.717, 1.165) is 15.8 Å². The summed E-state index contributed by atoms with van der Waals surface area (Å²) in [6, 6.07) is 11.1. The number of rotatable bonds is 9. The maximum Gasteiger partial charge on any atom is 0.265 e. The molecule has 0 bridgehead atoms. The number of halogens is 1. The van der Waals surface area contributed by atoms with Gasteiger partial charge in [0.15, 0.2) is 11.5 Å². The van der Waals surface area contributed by atoms with Crippen molar-refractivity contribution in [3.63, 3.8) is 0 Å². The van der Waals surface area contributed by atoms with Gasteiger partial charge in [-0.05, 0) is 58.8 Å². The molecule has 2 aromatic rings. The van der Waals surface area contributed by atoms with Gasteiger partial charge in [-0.2, -0.15) is 0 Å². The molecule has 3 rings (SSSR count). The number of carbonyl (C=O) groups excluding carboxylic acids is 1. The summed E-state index contributed by atoms with van der Waals surface area (Å²) in [4.78, 5) is 14.3. The zero-order valence-electron chi connectivity index (χ0n) is 17.3. The van der Waals surface area contributed by atoms with E-state index < -0.39 is 0 Å². The van der Waals surface area contributed by atoms with Crippen molar-refractivity contribution >= 4 is 56.2 Å². The van der Waals surface area contributed by atoms with Gasteiger partial charge in [-0.15, -0.1) is 0 Å². The van der Waals surface area contributed by atoms with Crippen LogP contribution in [0.2, 0.25) is 0 Å². The van der Waals surface area contributed by atoms with Crippen LogP contribution in [0.25, 0.3) is 6.08 Å². The van der Waals surface area contributed by atoms with Gasteiger partial charge in [-0.1, -0.05) is 30.0 Å². The van der Waals surface area contributed by atoms with Gasteiger partial charge in [-0.3, -0.25) is 9.69 Å². The number of methoxy groups -OCH3 is 1. The van der Waals surface area contributed by atoms with Gasteiger partial charge in [0.1, 0.15) is 29.0 Å². The van der Waals surface area contributed by atoms with Crippen molar-refractivity contribution in [1.82, 2.24) is 4.90 Å². The first kappa shape index (κ1) is 23.4. The highest BCUT2D eigenvalue weighted by molar-refractivity contribution is 9.10. The molecule has 1 saturated heterocycles. The summed E-state index contributed by atoms with van der Waals surface area (Å²) >= 11 is 10.0. The largest absolute Gasteiger partial charge is 0.497 e. The van der Waals surface area contributed by atoms with E-state index in [-0.39, 0.29) is 5.91 Å². The Labute approximate surface area is 199 Å². The van der Waals surface area contributed by atoms with Crippen molar-refractivity contribution in [2.75, 3.05) is 34.0 Å². The lowest BCUT2D eigenvalue weighted by Crippen LogP contribution is -2.22. The second-order valence-electron chi connectivity index (χ2n) is 6.38. The molecule has 6 nitrogen and oxygen atoms in total. The van der Waals surface area contributed by atoms with Crippen LogP contribution in [-0.2, 0) is 4.79 Å². The summed E-state index contributed by atoms with van der Waals surface area (Å²) in [5.74, 6) is 2.48. The molecule has 0 aromatic heterocycles. The third kappa shape index (κ3) is 5.93. The molecule has 1 heterocycles. The lowest BCUT2D eigenvalue weighted by atomic mass is 10.2. The monoisotopic (exact) mass is 523 g/mol. The van der Waals surface area contributed by atoms with Crippen molar-refractivity contribution in [3.05, 3.63) is 51.3 Å². The van der Waals surface area contributed by atoms with E-state index in [4.69, 9.17) is 31.2 Å². The number of ether oxygens (including phenoxy) is 4. The van der Waals surface area contributed by atoms with Gasteiger partial charge in [0.05, 0.1) is 23.1 Å². The van der Waals surface area contributed by atoms with E-state index in [1.54, 1.807) is 20.2 Å². The van der Waals surface area contributed by atoms with Gasteiger partial charge in [0.25, 0.3) is 5.91 Å². The Hall–Kier alpha value is -2.23. The van der Waals surface area contributed by atoms with Crippen molar-refractivity contribution in [2.45, 2.75) is 6.92 Å². The molecule has 0 spiro atoms.